The highest BCUT2D eigenvalue weighted by atomic mass is 16.4. The van der Waals surface area contributed by atoms with E-state index in [1.807, 2.05) is 30.3 Å². The van der Waals surface area contributed by atoms with Crippen LogP contribution in [0.4, 0.5) is 0 Å². The SMILES string of the molecule is CCCCCN(CCCCC)C(=O)[C@@](N)(CC(=O)O)Cc1ccccc1. The lowest BCUT2D eigenvalue weighted by Gasteiger charge is -2.34. The number of amides is 1. The molecule has 1 atom stereocenters. The smallest absolute Gasteiger partial charge is 0.305 e. The highest BCUT2D eigenvalue weighted by molar-refractivity contribution is 5.90. The largest absolute Gasteiger partial charge is 0.481 e. The molecule has 0 unspecified atom stereocenters. The average molecular weight is 363 g/mol. The highest BCUT2D eigenvalue weighted by Gasteiger charge is 2.39. The number of hydrogen-bond donors (Lipinski definition) is 2. The molecule has 0 bridgehead atoms. The zero-order valence-electron chi connectivity index (χ0n) is 16.2. The Hall–Kier alpha value is -1.88. The van der Waals surface area contributed by atoms with Gasteiger partial charge < -0.3 is 15.7 Å². The molecule has 5 heteroatoms. The number of carboxylic acids is 1. The minimum Gasteiger partial charge on any atom is -0.481 e. The van der Waals surface area contributed by atoms with Crippen molar-refractivity contribution in [3.05, 3.63) is 35.9 Å². The van der Waals surface area contributed by atoms with Crippen LogP contribution in [0.1, 0.15) is 64.4 Å². The van der Waals surface area contributed by atoms with Crippen molar-refractivity contribution >= 4 is 11.9 Å². The van der Waals surface area contributed by atoms with Crippen molar-refractivity contribution in [1.29, 1.82) is 0 Å². The molecule has 1 aromatic carbocycles. The van der Waals surface area contributed by atoms with Gasteiger partial charge in [-0.1, -0.05) is 69.9 Å². The van der Waals surface area contributed by atoms with Gasteiger partial charge in [0.15, 0.2) is 0 Å². The van der Waals surface area contributed by atoms with Gasteiger partial charge in [-0.25, -0.2) is 0 Å². The van der Waals surface area contributed by atoms with E-state index in [1.54, 1.807) is 4.90 Å². The number of benzene rings is 1. The van der Waals surface area contributed by atoms with Crippen molar-refractivity contribution in [2.24, 2.45) is 5.73 Å². The fourth-order valence-corrected chi connectivity index (χ4v) is 3.18. The van der Waals surface area contributed by atoms with Crippen LogP contribution in [-0.2, 0) is 16.0 Å². The Morgan fingerprint density at radius 1 is 1.00 bits per heavy atom. The maximum Gasteiger partial charge on any atom is 0.305 e. The number of nitrogens with two attached hydrogens (primary N) is 1. The van der Waals surface area contributed by atoms with Crippen molar-refractivity contribution < 1.29 is 14.7 Å². The number of unbranched alkanes of at least 4 members (excludes halogenated alkanes) is 4. The van der Waals surface area contributed by atoms with Crippen LogP contribution >= 0.6 is 0 Å². The number of aliphatic carboxylic acids is 1. The number of carbonyl (C=O) groups is 2. The van der Waals surface area contributed by atoms with Gasteiger partial charge >= 0.3 is 5.97 Å². The first-order chi connectivity index (χ1) is 12.4. The first-order valence-corrected chi connectivity index (χ1v) is 9.77. The summed E-state index contributed by atoms with van der Waals surface area (Å²) in [5, 5.41) is 9.34. The van der Waals surface area contributed by atoms with E-state index in [4.69, 9.17) is 5.73 Å². The van der Waals surface area contributed by atoms with Gasteiger partial charge in [0, 0.05) is 13.1 Å². The van der Waals surface area contributed by atoms with E-state index in [0.29, 0.717) is 13.1 Å². The summed E-state index contributed by atoms with van der Waals surface area (Å²) in [6, 6.07) is 9.41. The Bertz CT molecular complexity index is 537. The third kappa shape index (κ3) is 7.56. The van der Waals surface area contributed by atoms with Gasteiger partial charge in [0.05, 0.1) is 6.42 Å². The normalized spacial score (nSPS) is 13.2. The van der Waals surface area contributed by atoms with Crippen LogP contribution in [0.25, 0.3) is 0 Å². The van der Waals surface area contributed by atoms with Crippen LogP contribution in [0.15, 0.2) is 30.3 Å². The van der Waals surface area contributed by atoms with Crippen LogP contribution in [-0.4, -0.2) is 40.5 Å². The van der Waals surface area contributed by atoms with Gasteiger partial charge in [0.2, 0.25) is 5.91 Å². The maximum absolute atomic E-state index is 13.2. The minimum absolute atomic E-state index is 0.233. The predicted octanol–water partition coefficient (Wildman–Crippen LogP) is 3.61. The summed E-state index contributed by atoms with van der Waals surface area (Å²) in [5.74, 6) is -1.28. The molecular formula is C21H34N2O3. The van der Waals surface area contributed by atoms with E-state index in [2.05, 4.69) is 13.8 Å². The zero-order chi connectivity index (χ0) is 19.4. The lowest BCUT2D eigenvalue weighted by molar-refractivity contribution is -0.146. The van der Waals surface area contributed by atoms with Crippen molar-refractivity contribution in [3.8, 4) is 0 Å². The van der Waals surface area contributed by atoms with E-state index in [9.17, 15) is 14.7 Å². The number of rotatable bonds is 13. The third-order valence-corrected chi connectivity index (χ3v) is 4.61. The van der Waals surface area contributed by atoms with Crippen LogP contribution in [0.3, 0.4) is 0 Å². The molecule has 0 heterocycles. The topological polar surface area (TPSA) is 83.6 Å². The van der Waals surface area contributed by atoms with Gasteiger partial charge in [0.25, 0.3) is 0 Å². The minimum atomic E-state index is -1.41. The summed E-state index contributed by atoms with van der Waals surface area (Å²) < 4.78 is 0. The van der Waals surface area contributed by atoms with Crippen LogP contribution in [0, 0.1) is 0 Å². The van der Waals surface area contributed by atoms with Gasteiger partial charge in [0.1, 0.15) is 5.54 Å². The van der Waals surface area contributed by atoms with Crippen LogP contribution in [0.5, 0.6) is 0 Å². The Morgan fingerprint density at radius 2 is 1.54 bits per heavy atom. The number of hydrogen-bond acceptors (Lipinski definition) is 3. The highest BCUT2D eigenvalue weighted by Crippen LogP contribution is 2.20. The molecule has 0 aliphatic rings. The van der Waals surface area contributed by atoms with Crippen molar-refractivity contribution in [2.45, 2.75) is 70.8 Å². The summed E-state index contributed by atoms with van der Waals surface area (Å²) in [6.45, 7) is 5.53. The van der Waals surface area contributed by atoms with E-state index in [1.165, 1.54) is 0 Å². The second-order valence-corrected chi connectivity index (χ2v) is 7.10. The lowest BCUT2D eigenvalue weighted by atomic mass is 9.86. The van der Waals surface area contributed by atoms with E-state index < -0.39 is 11.5 Å². The second-order valence-electron chi connectivity index (χ2n) is 7.10. The molecule has 5 nitrogen and oxygen atoms in total. The quantitative estimate of drug-likeness (QED) is 0.525. The maximum atomic E-state index is 13.2. The Morgan fingerprint density at radius 3 is 2.00 bits per heavy atom. The molecular weight excluding hydrogens is 328 g/mol. The van der Waals surface area contributed by atoms with Crippen LogP contribution < -0.4 is 5.73 Å². The molecule has 0 saturated heterocycles. The summed E-state index contributed by atoms with van der Waals surface area (Å²) in [4.78, 5) is 26.4. The van der Waals surface area contributed by atoms with Gasteiger partial charge in [-0.05, 0) is 24.8 Å². The second kappa shape index (κ2) is 11.7. The first-order valence-electron chi connectivity index (χ1n) is 9.77. The molecule has 3 N–H and O–H groups in total. The summed E-state index contributed by atoms with van der Waals surface area (Å²) >= 11 is 0. The zero-order valence-corrected chi connectivity index (χ0v) is 16.2. The number of carbonyl (C=O) groups excluding carboxylic acids is 1. The van der Waals surface area contributed by atoms with Gasteiger partial charge in [-0.3, -0.25) is 9.59 Å². The van der Waals surface area contributed by atoms with Gasteiger partial charge in [-0.15, -0.1) is 0 Å². The molecule has 1 amide bonds. The molecule has 0 radical (unpaired) electrons. The molecule has 0 fully saturated rings. The Labute approximate surface area is 157 Å². The molecule has 0 aromatic heterocycles. The monoisotopic (exact) mass is 362 g/mol. The van der Waals surface area contributed by atoms with Gasteiger partial charge in [-0.2, -0.15) is 0 Å². The van der Waals surface area contributed by atoms with Crippen LogP contribution in [0.2, 0.25) is 0 Å². The molecule has 1 aromatic rings. The first kappa shape index (κ1) is 22.2. The van der Waals surface area contributed by atoms with E-state index >= 15 is 0 Å². The summed E-state index contributed by atoms with van der Waals surface area (Å²) in [6.07, 6.45) is 5.95. The molecule has 146 valence electrons. The molecule has 0 aliphatic carbocycles. The fraction of sp³-hybridized carbons (Fsp3) is 0.619. The summed E-state index contributed by atoms with van der Waals surface area (Å²) in [7, 11) is 0. The van der Waals surface area contributed by atoms with E-state index in [0.717, 1.165) is 44.1 Å². The molecule has 0 aliphatic heterocycles. The third-order valence-electron chi connectivity index (χ3n) is 4.61. The van der Waals surface area contributed by atoms with Crippen molar-refractivity contribution in [2.75, 3.05) is 13.1 Å². The number of carboxylic acid groups (broad SMARTS) is 1. The number of nitrogens with zero attached hydrogens (tertiary/aromatic N) is 1. The van der Waals surface area contributed by atoms with Crippen molar-refractivity contribution in [1.82, 2.24) is 4.90 Å². The molecule has 1 rings (SSSR count). The predicted molar refractivity (Wildman–Crippen MR) is 105 cm³/mol. The van der Waals surface area contributed by atoms with E-state index in [-0.39, 0.29) is 18.7 Å². The Kier molecular flexibility index (Phi) is 9.96. The lowest BCUT2D eigenvalue weighted by Crippen LogP contribution is -2.58. The van der Waals surface area contributed by atoms with Crippen molar-refractivity contribution in [3.63, 3.8) is 0 Å². The Balaban J connectivity index is 2.97. The standard InChI is InChI=1S/C21H34N2O3/c1-3-5-10-14-23(15-11-6-4-2)20(26)21(22,17-19(24)25)16-18-12-8-7-9-13-18/h7-9,12-13H,3-6,10-11,14-17,22H2,1-2H3,(H,24,25)/t21-/m0/s1. The molecule has 0 spiro atoms. The summed E-state index contributed by atoms with van der Waals surface area (Å²) in [5.41, 5.74) is 5.88. The molecule has 0 saturated carbocycles. The average Bonchev–Trinajstić information content (AvgIpc) is 2.60. The fourth-order valence-electron chi connectivity index (χ4n) is 3.18. The molecule has 26 heavy (non-hydrogen) atoms.